The van der Waals surface area contributed by atoms with Gasteiger partial charge < -0.3 is 19.2 Å². The molecular weight excluding hydrogens is 258 g/mol. The van der Waals surface area contributed by atoms with Crippen LogP contribution >= 0.6 is 0 Å². The molecule has 1 aliphatic heterocycles. The van der Waals surface area contributed by atoms with Gasteiger partial charge >= 0.3 is 5.97 Å². The summed E-state index contributed by atoms with van der Waals surface area (Å²) < 4.78 is 16.2. The monoisotopic (exact) mass is 273 g/mol. The van der Waals surface area contributed by atoms with Crippen LogP contribution in [0.25, 0.3) is 16.5 Å². The molecule has 104 valence electrons. The van der Waals surface area contributed by atoms with Crippen LogP contribution in [0.2, 0.25) is 0 Å². The van der Waals surface area contributed by atoms with Gasteiger partial charge in [0, 0.05) is 22.7 Å². The van der Waals surface area contributed by atoms with Crippen molar-refractivity contribution >= 4 is 22.4 Å². The van der Waals surface area contributed by atoms with E-state index in [1.54, 1.807) is 13.1 Å². The minimum Gasteiger partial charge on any atom is -0.497 e. The summed E-state index contributed by atoms with van der Waals surface area (Å²) in [6.07, 6.45) is 1.79. The second kappa shape index (κ2) is 4.92. The first-order chi connectivity index (χ1) is 9.76. The molecular formula is C15H15NO4. The quantitative estimate of drug-likeness (QED) is 0.873. The summed E-state index contributed by atoms with van der Waals surface area (Å²) >= 11 is 0. The summed E-state index contributed by atoms with van der Waals surface area (Å²) in [5.41, 5.74) is 2.09. The molecule has 0 spiro atoms. The Balaban J connectivity index is 2.25. The number of esters is 1. The maximum Gasteiger partial charge on any atom is 0.342 e. The first kappa shape index (κ1) is 12.6. The fourth-order valence-corrected chi connectivity index (χ4v) is 2.42. The summed E-state index contributed by atoms with van der Waals surface area (Å²) in [6.45, 7) is 2.30. The Bertz CT molecular complexity index is 699. The largest absolute Gasteiger partial charge is 0.497 e. The summed E-state index contributed by atoms with van der Waals surface area (Å²) in [5, 5.41) is 0.877. The van der Waals surface area contributed by atoms with E-state index in [-0.39, 0.29) is 6.61 Å². The number of rotatable bonds is 3. The molecule has 1 aromatic heterocycles. The lowest BCUT2D eigenvalue weighted by Crippen LogP contribution is -2.12. The number of aromatic nitrogens is 1. The summed E-state index contributed by atoms with van der Waals surface area (Å²) in [4.78, 5) is 15.4. The molecule has 0 fully saturated rings. The predicted octanol–water partition coefficient (Wildman–Crippen LogP) is 2.48. The maximum atomic E-state index is 12.2. The van der Waals surface area contributed by atoms with Crippen molar-refractivity contribution in [3.8, 4) is 5.75 Å². The van der Waals surface area contributed by atoms with Crippen LogP contribution in [0.15, 0.2) is 30.2 Å². The third kappa shape index (κ3) is 1.82. The lowest BCUT2D eigenvalue weighted by atomic mass is 10.0. The van der Waals surface area contributed by atoms with Crippen LogP contribution < -0.4 is 4.74 Å². The smallest absolute Gasteiger partial charge is 0.342 e. The molecule has 0 atom stereocenters. The van der Waals surface area contributed by atoms with Crippen LogP contribution in [-0.4, -0.2) is 31.3 Å². The zero-order valence-corrected chi connectivity index (χ0v) is 11.4. The van der Waals surface area contributed by atoms with Gasteiger partial charge in [-0.1, -0.05) is 6.07 Å². The van der Waals surface area contributed by atoms with E-state index in [0.29, 0.717) is 17.9 Å². The van der Waals surface area contributed by atoms with Crippen LogP contribution in [0.1, 0.15) is 12.5 Å². The normalized spacial score (nSPS) is 13.9. The fraction of sp³-hybridized carbons (Fsp3) is 0.267. The van der Waals surface area contributed by atoms with Crippen molar-refractivity contribution in [3.05, 3.63) is 35.7 Å². The molecule has 1 aliphatic rings. The number of benzene rings is 1. The van der Waals surface area contributed by atoms with Gasteiger partial charge in [0.2, 0.25) is 0 Å². The van der Waals surface area contributed by atoms with Crippen molar-refractivity contribution in [2.75, 3.05) is 20.3 Å². The molecule has 1 N–H and O–H groups in total. The number of aromatic amines is 1. The van der Waals surface area contributed by atoms with E-state index in [2.05, 4.69) is 4.98 Å². The second-order valence-corrected chi connectivity index (χ2v) is 4.39. The topological polar surface area (TPSA) is 60.6 Å². The Morgan fingerprint density at radius 1 is 1.45 bits per heavy atom. The van der Waals surface area contributed by atoms with E-state index < -0.39 is 5.97 Å². The molecule has 1 aromatic carbocycles. The Morgan fingerprint density at radius 3 is 3.05 bits per heavy atom. The molecule has 0 aliphatic carbocycles. The first-order valence-corrected chi connectivity index (χ1v) is 6.43. The van der Waals surface area contributed by atoms with Crippen LogP contribution in [0, 0.1) is 0 Å². The molecule has 0 unspecified atom stereocenters. The zero-order chi connectivity index (χ0) is 14.1. The third-order valence-electron chi connectivity index (χ3n) is 3.30. The highest BCUT2D eigenvalue weighted by Gasteiger charge is 2.27. The van der Waals surface area contributed by atoms with Crippen molar-refractivity contribution < 1.29 is 19.0 Å². The molecule has 3 rings (SSSR count). The summed E-state index contributed by atoms with van der Waals surface area (Å²) in [7, 11) is 1.53. The number of carbonyl (C=O) groups is 1. The summed E-state index contributed by atoms with van der Waals surface area (Å²) in [6, 6.07) is 5.72. The molecule has 2 aromatic rings. The lowest BCUT2D eigenvalue weighted by molar-refractivity contribution is -0.136. The molecule has 0 amide bonds. The molecule has 0 bridgehead atoms. The molecule has 2 heterocycles. The number of hydrogen-bond donors (Lipinski definition) is 1. The number of carbonyl (C=O) groups excluding carboxylic acids is 1. The van der Waals surface area contributed by atoms with E-state index >= 15 is 0 Å². The van der Waals surface area contributed by atoms with Gasteiger partial charge in [0.05, 0.1) is 13.7 Å². The SMILES string of the molecule is CCOC(=O)C1=C(OC)COc2cccc3[nH]cc1c23. The Labute approximate surface area is 116 Å². The number of H-pyrrole nitrogens is 1. The van der Waals surface area contributed by atoms with E-state index in [4.69, 9.17) is 14.2 Å². The van der Waals surface area contributed by atoms with Crippen LogP contribution in [0.4, 0.5) is 0 Å². The minimum absolute atomic E-state index is 0.207. The molecule has 20 heavy (non-hydrogen) atoms. The van der Waals surface area contributed by atoms with Gasteiger partial charge in [0.15, 0.2) is 0 Å². The van der Waals surface area contributed by atoms with Gasteiger partial charge in [0.25, 0.3) is 0 Å². The third-order valence-corrected chi connectivity index (χ3v) is 3.30. The van der Waals surface area contributed by atoms with Crippen LogP contribution in [0.3, 0.4) is 0 Å². The minimum atomic E-state index is -0.398. The van der Waals surface area contributed by atoms with Gasteiger partial charge in [-0.15, -0.1) is 0 Å². The van der Waals surface area contributed by atoms with Crippen LogP contribution in [-0.2, 0) is 14.3 Å². The van der Waals surface area contributed by atoms with Gasteiger partial charge in [-0.3, -0.25) is 0 Å². The zero-order valence-electron chi connectivity index (χ0n) is 11.4. The van der Waals surface area contributed by atoms with Crippen molar-refractivity contribution in [2.24, 2.45) is 0 Å². The fourth-order valence-electron chi connectivity index (χ4n) is 2.42. The standard InChI is InChI=1S/C15H15NO4/c1-3-19-15(17)14-9-7-16-10-5-4-6-11(13(9)10)20-8-12(14)18-2/h4-7,16H,3,8H2,1-2H3. The highest BCUT2D eigenvalue weighted by molar-refractivity contribution is 6.21. The van der Waals surface area contributed by atoms with Gasteiger partial charge in [0.1, 0.15) is 23.7 Å². The van der Waals surface area contributed by atoms with Crippen LogP contribution in [0.5, 0.6) is 5.75 Å². The van der Waals surface area contributed by atoms with Gasteiger partial charge in [-0.2, -0.15) is 0 Å². The molecule has 0 saturated heterocycles. The number of nitrogens with one attached hydrogen (secondary N) is 1. The highest BCUT2D eigenvalue weighted by Crippen LogP contribution is 2.37. The second-order valence-electron chi connectivity index (χ2n) is 4.39. The number of methoxy groups -OCH3 is 1. The van der Waals surface area contributed by atoms with Crippen molar-refractivity contribution in [2.45, 2.75) is 6.92 Å². The molecule has 0 radical (unpaired) electrons. The number of ether oxygens (including phenoxy) is 3. The predicted molar refractivity (Wildman–Crippen MR) is 74.4 cm³/mol. The number of hydrogen-bond acceptors (Lipinski definition) is 4. The van der Waals surface area contributed by atoms with Crippen molar-refractivity contribution in [3.63, 3.8) is 0 Å². The van der Waals surface area contributed by atoms with E-state index in [1.807, 2.05) is 18.2 Å². The van der Waals surface area contributed by atoms with E-state index in [9.17, 15) is 4.79 Å². The average molecular weight is 273 g/mol. The Hall–Kier alpha value is -2.43. The van der Waals surface area contributed by atoms with E-state index in [0.717, 1.165) is 22.2 Å². The summed E-state index contributed by atoms with van der Waals surface area (Å²) in [5.74, 6) is 0.804. The molecule has 0 saturated carbocycles. The van der Waals surface area contributed by atoms with Crippen molar-refractivity contribution in [1.82, 2.24) is 4.98 Å². The molecule has 5 heteroatoms. The molecule has 5 nitrogen and oxygen atoms in total. The first-order valence-electron chi connectivity index (χ1n) is 6.43. The van der Waals surface area contributed by atoms with Crippen molar-refractivity contribution in [1.29, 1.82) is 0 Å². The lowest BCUT2D eigenvalue weighted by Gasteiger charge is -2.10. The highest BCUT2D eigenvalue weighted by atomic mass is 16.5. The Kier molecular flexibility index (Phi) is 3.10. The van der Waals surface area contributed by atoms with E-state index in [1.165, 1.54) is 7.11 Å². The Morgan fingerprint density at radius 2 is 2.30 bits per heavy atom. The maximum absolute atomic E-state index is 12.2. The van der Waals surface area contributed by atoms with Gasteiger partial charge in [-0.05, 0) is 19.1 Å². The van der Waals surface area contributed by atoms with Gasteiger partial charge in [-0.25, -0.2) is 4.79 Å². The average Bonchev–Trinajstić information content (AvgIpc) is 2.79.